The maximum absolute atomic E-state index is 12.5. The van der Waals surface area contributed by atoms with Crippen molar-refractivity contribution in [3.05, 3.63) is 11.9 Å². The SMILES string of the molecule is CCn1cc(S(=O)(=O)N2CCC[C@@H]2C(=O)[O-])c(C)n1. The molecule has 0 N–H and O–H groups in total. The van der Waals surface area contributed by atoms with Crippen molar-refractivity contribution in [3.63, 3.8) is 0 Å². The third-order valence-corrected chi connectivity index (χ3v) is 5.30. The standard InChI is InChI=1S/C11H17N3O4S/c1-3-13-7-10(8(2)12-13)19(17,18)14-6-4-5-9(14)11(15)16/h7,9H,3-6H2,1-2H3,(H,15,16)/p-1/t9-/m1/s1. The molecular formula is C11H16N3O4S-. The number of carbonyl (C=O) groups is 1. The van der Waals surface area contributed by atoms with Crippen LogP contribution in [0.5, 0.6) is 0 Å². The van der Waals surface area contributed by atoms with Crippen LogP contribution in [0.1, 0.15) is 25.5 Å². The summed E-state index contributed by atoms with van der Waals surface area (Å²) in [5.74, 6) is -1.35. The van der Waals surface area contributed by atoms with Crippen LogP contribution in [0.15, 0.2) is 11.1 Å². The molecule has 8 heteroatoms. The Morgan fingerprint density at radius 1 is 1.58 bits per heavy atom. The summed E-state index contributed by atoms with van der Waals surface area (Å²) in [6.07, 6.45) is 2.26. The summed E-state index contributed by atoms with van der Waals surface area (Å²) in [5.41, 5.74) is 0.380. The number of nitrogens with zero attached hydrogens (tertiary/aromatic N) is 3. The molecule has 1 saturated heterocycles. The lowest BCUT2D eigenvalue weighted by atomic mass is 10.2. The minimum absolute atomic E-state index is 0.0718. The van der Waals surface area contributed by atoms with E-state index >= 15 is 0 Å². The van der Waals surface area contributed by atoms with E-state index in [0.717, 1.165) is 4.31 Å². The van der Waals surface area contributed by atoms with E-state index in [2.05, 4.69) is 5.10 Å². The van der Waals surface area contributed by atoms with Crippen LogP contribution in [-0.4, -0.2) is 41.1 Å². The molecule has 2 heterocycles. The highest BCUT2D eigenvalue weighted by molar-refractivity contribution is 7.89. The molecule has 106 valence electrons. The summed E-state index contributed by atoms with van der Waals surface area (Å²) in [6.45, 7) is 4.21. The molecule has 1 atom stereocenters. The lowest BCUT2D eigenvalue weighted by molar-refractivity contribution is -0.309. The molecule has 0 aliphatic carbocycles. The summed E-state index contributed by atoms with van der Waals surface area (Å²) in [6, 6.07) is -1.07. The van der Waals surface area contributed by atoms with E-state index in [4.69, 9.17) is 0 Å². The Balaban J connectivity index is 2.41. The lowest BCUT2D eigenvalue weighted by Gasteiger charge is -2.24. The van der Waals surface area contributed by atoms with Crippen molar-refractivity contribution in [3.8, 4) is 0 Å². The maximum Gasteiger partial charge on any atom is 0.247 e. The molecular weight excluding hydrogens is 270 g/mol. The molecule has 1 aliphatic rings. The molecule has 1 aliphatic heterocycles. The summed E-state index contributed by atoms with van der Waals surface area (Å²) < 4.78 is 27.5. The molecule has 1 aromatic heterocycles. The van der Waals surface area contributed by atoms with Gasteiger partial charge in [-0.15, -0.1) is 0 Å². The van der Waals surface area contributed by atoms with Crippen LogP contribution in [0.2, 0.25) is 0 Å². The van der Waals surface area contributed by atoms with Crippen molar-refractivity contribution < 1.29 is 18.3 Å². The maximum atomic E-state index is 12.5. The summed E-state index contributed by atoms with van der Waals surface area (Å²) in [4.78, 5) is 11.1. The zero-order chi connectivity index (χ0) is 14.2. The molecule has 0 unspecified atom stereocenters. The quantitative estimate of drug-likeness (QED) is 0.716. The molecule has 0 amide bonds. The number of aryl methyl sites for hydroxylation is 2. The largest absolute Gasteiger partial charge is 0.548 e. The first-order valence-electron chi connectivity index (χ1n) is 6.14. The van der Waals surface area contributed by atoms with Gasteiger partial charge in [0.25, 0.3) is 0 Å². The van der Waals surface area contributed by atoms with E-state index in [-0.39, 0.29) is 11.4 Å². The smallest absolute Gasteiger partial charge is 0.247 e. The molecule has 0 radical (unpaired) electrons. The number of carbonyl (C=O) groups excluding carboxylic acids is 1. The van der Waals surface area contributed by atoms with Crippen LogP contribution in [0.3, 0.4) is 0 Å². The van der Waals surface area contributed by atoms with Crippen LogP contribution in [0.4, 0.5) is 0 Å². The first kappa shape index (κ1) is 14.0. The Labute approximate surface area is 111 Å². The van der Waals surface area contributed by atoms with Gasteiger partial charge in [0, 0.05) is 19.3 Å². The molecule has 0 saturated carbocycles. The zero-order valence-corrected chi connectivity index (χ0v) is 11.7. The first-order chi connectivity index (χ1) is 8.87. The predicted molar refractivity (Wildman–Crippen MR) is 64.6 cm³/mol. The van der Waals surface area contributed by atoms with Gasteiger partial charge in [-0.3, -0.25) is 4.68 Å². The number of aromatic nitrogens is 2. The minimum Gasteiger partial charge on any atom is -0.548 e. The van der Waals surface area contributed by atoms with Crippen molar-refractivity contribution in [2.45, 2.75) is 44.2 Å². The van der Waals surface area contributed by atoms with Gasteiger partial charge >= 0.3 is 0 Å². The number of sulfonamides is 1. The fourth-order valence-electron chi connectivity index (χ4n) is 2.30. The molecule has 19 heavy (non-hydrogen) atoms. The second-order valence-electron chi connectivity index (χ2n) is 4.53. The third-order valence-electron chi connectivity index (χ3n) is 3.29. The van der Waals surface area contributed by atoms with Gasteiger partial charge in [-0.05, 0) is 26.7 Å². The molecule has 1 aromatic rings. The Morgan fingerprint density at radius 3 is 2.79 bits per heavy atom. The average Bonchev–Trinajstić information content (AvgIpc) is 2.94. The highest BCUT2D eigenvalue weighted by Crippen LogP contribution is 2.27. The van der Waals surface area contributed by atoms with Crippen molar-refractivity contribution in [2.75, 3.05) is 6.54 Å². The summed E-state index contributed by atoms with van der Waals surface area (Å²) in [5, 5.41) is 15.1. The fourth-order valence-corrected chi connectivity index (χ4v) is 4.12. The molecule has 7 nitrogen and oxygen atoms in total. The molecule has 0 aromatic carbocycles. The number of rotatable bonds is 4. The first-order valence-corrected chi connectivity index (χ1v) is 7.58. The fraction of sp³-hybridized carbons (Fsp3) is 0.636. The van der Waals surface area contributed by atoms with E-state index < -0.39 is 22.0 Å². The number of carboxylic acid groups (broad SMARTS) is 1. The minimum atomic E-state index is -3.82. The number of carboxylic acids is 1. The van der Waals surface area contributed by atoms with Gasteiger partial charge in [-0.25, -0.2) is 8.42 Å². The number of hydrogen-bond donors (Lipinski definition) is 0. The van der Waals surface area contributed by atoms with Crippen molar-refractivity contribution >= 4 is 16.0 Å². The summed E-state index contributed by atoms with van der Waals surface area (Å²) >= 11 is 0. The van der Waals surface area contributed by atoms with E-state index in [0.29, 0.717) is 25.1 Å². The monoisotopic (exact) mass is 286 g/mol. The van der Waals surface area contributed by atoms with Crippen LogP contribution < -0.4 is 5.11 Å². The van der Waals surface area contributed by atoms with Crippen molar-refractivity contribution in [1.82, 2.24) is 14.1 Å². The van der Waals surface area contributed by atoms with E-state index in [9.17, 15) is 18.3 Å². The van der Waals surface area contributed by atoms with Gasteiger partial charge in [-0.1, -0.05) is 0 Å². The van der Waals surface area contributed by atoms with Gasteiger partial charge in [0.1, 0.15) is 4.90 Å². The Morgan fingerprint density at radius 2 is 2.26 bits per heavy atom. The Kier molecular flexibility index (Phi) is 3.64. The highest BCUT2D eigenvalue weighted by atomic mass is 32.2. The van der Waals surface area contributed by atoms with Gasteiger partial charge in [0.05, 0.1) is 17.7 Å². The van der Waals surface area contributed by atoms with Crippen LogP contribution in [0.25, 0.3) is 0 Å². The van der Waals surface area contributed by atoms with Gasteiger partial charge in [0.15, 0.2) is 0 Å². The summed E-state index contributed by atoms with van der Waals surface area (Å²) in [7, 11) is -3.82. The molecule has 0 bridgehead atoms. The second-order valence-corrected chi connectivity index (χ2v) is 6.39. The number of aliphatic carboxylic acids is 1. The zero-order valence-electron chi connectivity index (χ0n) is 10.9. The molecule has 0 spiro atoms. The molecule has 2 rings (SSSR count). The van der Waals surface area contributed by atoms with E-state index in [1.165, 1.54) is 10.9 Å². The normalized spacial score (nSPS) is 20.8. The Hall–Kier alpha value is -1.41. The van der Waals surface area contributed by atoms with Crippen LogP contribution in [-0.2, 0) is 21.4 Å². The predicted octanol–water partition coefficient (Wildman–Crippen LogP) is -0.886. The third kappa shape index (κ3) is 2.37. The van der Waals surface area contributed by atoms with E-state index in [1.54, 1.807) is 6.92 Å². The van der Waals surface area contributed by atoms with Gasteiger partial charge < -0.3 is 9.90 Å². The topological polar surface area (TPSA) is 95.3 Å². The Bertz CT molecular complexity index is 593. The van der Waals surface area contributed by atoms with Crippen molar-refractivity contribution in [2.24, 2.45) is 0 Å². The number of hydrogen-bond acceptors (Lipinski definition) is 5. The second kappa shape index (κ2) is 4.93. The van der Waals surface area contributed by atoms with Crippen molar-refractivity contribution in [1.29, 1.82) is 0 Å². The van der Waals surface area contributed by atoms with Crippen LogP contribution >= 0.6 is 0 Å². The lowest BCUT2D eigenvalue weighted by Crippen LogP contribution is -2.46. The molecule has 1 fully saturated rings. The average molecular weight is 286 g/mol. The van der Waals surface area contributed by atoms with Gasteiger partial charge in [0.2, 0.25) is 10.0 Å². The van der Waals surface area contributed by atoms with Gasteiger partial charge in [-0.2, -0.15) is 9.40 Å². The highest BCUT2D eigenvalue weighted by Gasteiger charge is 2.37. The van der Waals surface area contributed by atoms with E-state index in [1.807, 2.05) is 6.92 Å². The van der Waals surface area contributed by atoms with Crippen LogP contribution in [0, 0.1) is 6.92 Å².